The Labute approximate surface area is 149 Å². The number of carbonyl (C=O) groups excluding carboxylic acids is 2. The Kier molecular flexibility index (Phi) is 5.35. The van der Waals surface area contributed by atoms with E-state index in [0.29, 0.717) is 18.0 Å². The summed E-state index contributed by atoms with van der Waals surface area (Å²) >= 11 is 0. The number of hydrogen-bond donors (Lipinski definition) is 1. The first-order valence-electron chi connectivity index (χ1n) is 9.34. The van der Waals surface area contributed by atoms with Crippen molar-refractivity contribution in [1.29, 1.82) is 0 Å². The molecule has 1 unspecified atom stereocenters. The molecule has 2 fully saturated rings. The zero-order valence-corrected chi connectivity index (χ0v) is 15.4. The van der Waals surface area contributed by atoms with Gasteiger partial charge in [0, 0.05) is 30.7 Å². The minimum Gasteiger partial charge on any atom is -0.348 e. The SMILES string of the molecule is Cc1cnc(C(=O)NC2C[C@H]3CC[C@@H](C2)N3C(=O)CCC(C)C)cn1. The maximum Gasteiger partial charge on any atom is 0.271 e. The molecule has 0 radical (unpaired) electrons. The van der Waals surface area contributed by atoms with Crippen LogP contribution in [0.25, 0.3) is 0 Å². The number of carbonyl (C=O) groups is 2. The quantitative estimate of drug-likeness (QED) is 0.890. The van der Waals surface area contributed by atoms with E-state index in [1.807, 2.05) is 6.92 Å². The molecule has 0 saturated carbocycles. The Morgan fingerprint density at radius 2 is 1.88 bits per heavy atom. The van der Waals surface area contributed by atoms with Crippen molar-refractivity contribution >= 4 is 11.8 Å². The van der Waals surface area contributed by atoms with Crippen LogP contribution in [-0.2, 0) is 4.79 Å². The fraction of sp³-hybridized carbons (Fsp3) is 0.684. The minimum absolute atomic E-state index is 0.113. The molecule has 1 aromatic heterocycles. The Bertz CT molecular complexity index is 615. The van der Waals surface area contributed by atoms with E-state index in [1.54, 1.807) is 6.20 Å². The molecule has 0 spiro atoms. The lowest BCUT2D eigenvalue weighted by atomic mass is 9.96. The number of rotatable bonds is 5. The molecule has 2 aliphatic heterocycles. The monoisotopic (exact) mass is 344 g/mol. The van der Waals surface area contributed by atoms with E-state index in [9.17, 15) is 9.59 Å². The number of hydrogen-bond acceptors (Lipinski definition) is 4. The molecule has 3 heterocycles. The van der Waals surface area contributed by atoms with E-state index in [2.05, 4.69) is 34.0 Å². The van der Waals surface area contributed by atoms with Gasteiger partial charge in [0.1, 0.15) is 5.69 Å². The highest BCUT2D eigenvalue weighted by molar-refractivity contribution is 5.92. The maximum atomic E-state index is 12.6. The summed E-state index contributed by atoms with van der Waals surface area (Å²) in [4.78, 5) is 35.3. The number of aryl methyl sites for hydroxylation is 1. The average Bonchev–Trinajstić information content (AvgIpc) is 2.84. The van der Waals surface area contributed by atoms with Crippen molar-refractivity contribution in [2.45, 2.75) is 77.4 Å². The first-order chi connectivity index (χ1) is 11.9. The smallest absolute Gasteiger partial charge is 0.271 e. The number of piperidine rings is 1. The Balaban J connectivity index is 1.57. The van der Waals surface area contributed by atoms with Crippen molar-refractivity contribution in [3.8, 4) is 0 Å². The zero-order valence-electron chi connectivity index (χ0n) is 15.4. The first kappa shape index (κ1) is 17.8. The molecule has 0 aromatic carbocycles. The summed E-state index contributed by atoms with van der Waals surface area (Å²) in [7, 11) is 0. The predicted molar refractivity (Wildman–Crippen MR) is 95.0 cm³/mol. The van der Waals surface area contributed by atoms with Gasteiger partial charge in [0.25, 0.3) is 5.91 Å². The second-order valence-electron chi connectivity index (χ2n) is 7.80. The molecule has 1 aromatic rings. The van der Waals surface area contributed by atoms with Gasteiger partial charge in [-0.15, -0.1) is 0 Å². The highest BCUT2D eigenvalue weighted by Gasteiger charge is 2.43. The van der Waals surface area contributed by atoms with Gasteiger partial charge in [0.15, 0.2) is 0 Å². The minimum atomic E-state index is -0.170. The molecule has 0 aliphatic carbocycles. The van der Waals surface area contributed by atoms with Crippen molar-refractivity contribution in [3.63, 3.8) is 0 Å². The van der Waals surface area contributed by atoms with Crippen molar-refractivity contribution in [1.82, 2.24) is 20.2 Å². The van der Waals surface area contributed by atoms with Gasteiger partial charge in [-0.25, -0.2) is 4.98 Å². The molecule has 2 bridgehead atoms. The maximum absolute atomic E-state index is 12.6. The van der Waals surface area contributed by atoms with Crippen LogP contribution in [0.1, 0.15) is 68.6 Å². The molecule has 3 rings (SSSR count). The van der Waals surface area contributed by atoms with Gasteiger partial charge in [-0.2, -0.15) is 0 Å². The summed E-state index contributed by atoms with van der Waals surface area (Å²) in [6.07, 6.45) is 8.49. The van der Waals surface area contributed by atoms with E-state index in [-0.39, 0.29) is 29.9 Å². The van der Waals surface area contributed by atoms with E-state index in [0.717, 1.165) is 37.8 Å². The molecule has 6 heteroatoms. The fourth-order valence-corrected chi connectivity index (χ4v) is 4.01. The molecule has 2 aliphatic rings. The van der Waals surface area contributed by atoms with Gasteiger partial charge in [-0.3, -0.25) is 14.6 Å². The van der Waals surface area contributed by atoms with Crippen LogP contribution in [0.4, 0.5) is 0 Å². The molecule has 2 saturated heterocycles. The summed E-state index contributed by atoms with van der Waals surface area (Å²) in [5, 5.41) is 3.09. The molecule has 136 valence electrons. The third-order valence-electron chi connectivity index (χ3n) is 5.31. The Morgan fingerprint density at radius 1 is 1.20 bits per heavy atom. The largest absolute Gasteiger partial charge is 0.348 e. The summed E-state index contributed by atoms with van der Waals surface area (Å²) in [6, 6.07) is 0.655. The lowest BCUT2D eigenvalue weighted by Gasteiger charge is -2.39. The van der Waals surface area contributed by atoms with Gasteiger partial charge < -0.3 is 10.2 Å². The van der Waals surface area contributed by atoms with Gasteiger partial charge >= 0.3 is 0 Å². The van der Waals surface area contributed by atoms with Crippen LogP contribution in [0.5, 0.6) is 0 Å². The third kappa shape index (κ3) is 4.17. The Morgan fingerprint density at radius 3 is 2.44 bits per heavy atom. The van der Waals surface area contributed by atoms with Gasteiger partial charge in [-0.05, 0) is 44.9 Å². The number of nitrogens with one attached hydrogen (secondary N) is 1. The van der Waals surface area contributed by atoms with Crippen LogP contribution in [0.15, 0.2) is 12.4 Å². The van der Waals surface area contributed by atoms with Crippen molar-refractivity contribution < 1.29 is 9.59 Å². The van der Waals surface area contributed by atoms with E-state index < -0.39 is 0 Å². The van der Waals surface area contributed by atoms with Crippen LogP contribution in [-0.4, -0.2) is 44.8 Å². The lowest BCUT2D eigenvalue weighted by Crippen LogP contribution is -2.52. The third-order valence-corrected chi connectivity index (χ3v) is 5.31. The van der Waals surface area contributed by atoms with Crippen molar-refractivity contribution in [2.24, 2.45) is 5.92 Å². The van der Waals surface area contributed by atoms with Crippen molar-refractivity contribution in [3.05, 3.63) is 23.8 Å². The standard InChI is InChI=1S/C19H28N4O2/c1-12(2)4-7-18(24)23-15-5-6-16(23)9-14(8-15)22-19(25)17-11-20-13(3)10-21-17/h10-12,14-16H,4-9H2,1-3H3,(H,22,25)/t14?,15-,16+. The summed E-state index contributed by atoms with van der Waals surface area (Å²) < 4.78 is 0. The van der Waals surface area contributed by atoms with Crippen LogP contribution >= 0.6 is 0 Å². The van der Waals surface area contributed by atoms with E-state index in [4.69, 9.17) is 0 Å². The number of nitrogens with zero attached hydrogens (tertiary/aromatic N) is 3. The Hall–Kier alpha value is -1.98. The van der Waals surface area contributed by atoms with E-state index in [1.165, 1.54) is 6.20 Å². The van der Waals surface area contributed by atoms with Crippen LogP contribution in [0.3, 0.4) is 0 Å². The second kappa shape index (κ2) is 7.50. The normalized spacial score (nSPS) is 25.3. The van der Waals surface area contributed by atoms with Gasteiger partial charge in [0.2, 0.25) is 5.91 Å². The molecular formula is C19H28N4O2. The number of aromatic nitrogens is 2. The highest BCUT2D eigenvalue weighted by Crippen LogP contribution is 2.36. The number of fused-ring (bicyclic) bond motifs is 2. The topological polar surface area (TPSA) is 75.2 Å². The highest BCUT2D eigenvalue weighted by atomic mass is 16.2. The molecule has 2 amide bonds. The molecule has 25 heavy (non-hydrogen) atoms. The average molecular weight is 344 g/mol. The molecule has 6 nitrogen and oxygen atoms in total. The summed E-state index contributed by atoms with van der Waals surface area (Å²) in [5.41, 5.74) is 1.15. The van der Waals surface area contributed by atoms with E-state index >= 15 is 0 Å². The summed E-state index contributed by atoms with van der Waals surface area (Å²) in [6.45, 7) is 6.15. The zero-order chi connectivity index (χ0) is 18.0. The van der Waals surface area contributed by atoms with Crippen LogP contribution in [0.2, 0.25) is 0 Å². The molecular weight excluding hydrogens is 316 g/mol. The summed E-state index contributed by atoms with van der Waals surface area (Å²) in [5.74, 6) is 0.668. The van der Waals surface area contributed by atoms with Crippen LogP contribution in [0, 0.1) is 12.8 Å². The van der Waals surface area contributed by atoms with Crippen LogP contribution < -0.4 is 5.32 Å². The second-order valence-corrected chi connectivity index (χ2v) is 7.80. The first-order valence-corrected chi connectivity index (χ1v) is 9.34. The molecule has 3 atom stereocenters. The lowest BCUT2D eigenvalue weighted by molar-refractivity contribution is -0.136. The number of amides is 2. The fourth-order valence-electron chi connectivity index (χ4n) is 4.01. The molecule has 1 N–H and O–H groups in total. The predicted octanol–water partition coefficient (Wildman–Crippen LogP) is 2.47. The van der Waals surface area contributed by atoms with Gasteiger partial charge in [-0.1, -0.05) is 13.8 Å². The van der Waals surface area contributed by atoms with Crippen molar-refractivity contribution in [2.75, 3.05) is 0 Å². The van der Waals surface area contributed by atoms with Gasteiger partial charge in [0.05, 0.1) is 11.9 Å².